The van der Waals surface area contributed by atoms with Crippen LogP contribution in [0.25, 0.3) is 5.76 Å². The average Bonchev–Trinajstić information content (AvgIpc) is 3.22. The Morgan fingerprint density at radius 2 is 1.39 bits per heavy atom. The molecule has 2 aromatic rings. The van der Waals surface area contributed by atoms with E-state index >= 15 is 0 Å². The van der Waals surface area contributed by atoms with E-state index in [4.69, 9.17) is 0 Å². The van der Waals surface area contributed by atoms with Crippen LogP contribution in [0.4, 0.5) is 5.69 Å². The number of rotatable bonds is 18. The zero-order valence-corrected chi connectivity index (χ0v) is 25.7. The Hall–Kier alpha value is -3.00. The lowest BCUT2D eigenvalue weighted by molar-refractivity contribution is -0.384. The van der Waals surface area contributed by atoms with Gasteiger partial charge >= 0.3 is 0 Å². The molecule has 0 aromatic heterocycles. The predicted molar refractivity (Wildman–Crippen MR) is 167 cm³/mol. The summed E-state index contributed by atoms with van der Waals surface area (Å²) in [5.41, 5.74) is 0.664. The summed E-state index contributed by atoms with van der Waals surface area (Å²) in [6.45, 7) is 2.59. The van der Waals surface area contributed by atoms with E-state index in [1.54, 1.807) is 36.4 Å². The van der Waals surface area contributed by atoms with Crippen molar-refractivity contribution in [1.82, 2.24) is 4.90 Å². The number of benzene rings is 2. The second-order valence-electron chi connectivity index (χ2n) is 10.9. The van der Waals surface area contributed by atoms with Gasteiger partial charge in [0, 0.05) is 28.7 Å². The molecule has 0 spiro atoms. The van der Waals surface area contributed by atoms with Gasteiger partial charge in [-0.15, -0.1) is 0 Å². The number of unbranched alkanes of at least 4 members (excludes halogenated alkanes) is 13. The van der Waals surface area contributed by atoms with E-state index in [0.29, 0.717) is 24.1 Å². The third kappa shape index (κ3) is 9.52. The molecule has 1 unspecified atom stereocenters. The van der Waals surface area contributed by atoms with Crippen molar-refractivity contribution in [2.75, 3.05) is 6.54 Å². The number of aliphatic hydroxyl groups is 1. The van der Waals surface area contributed by atoms with Crippen molar-refractivity contribution in [1.29, 1.82) is 0 Å². The van der Waals surface area contributed by atoms with Crippen molar-refractivity contribution < 1.29 is 19.6 Å². The predicted octanol–water partition coefficient (Wildman–Crippen LogP) is 9.26. The summed E-state index contributed by atoms with van der Waals surface area (Å²) in [7, 11) is 0. The highest BCUT2D eigenvalue weighted by Crippen LogP contribution is 2.40. The zero-order chi connectivity index (χ0) is 29.6. The van der Waals surface area contributed by atoms with Crippen LogP contribution in [0.15, 0.2) is 58.6 Å². The van der Waals surface area contributed by atoms with Crippen LogP contribution in [-0.4, -0.2) is 33.2 Å². The molecule has 2 aromatic carbocycles. The molecule has 0 aliphatic carbocycles. The van der Waals surface area contributed by atoms with Crippen molar-refractivity contribution in [2.45, 2.75) is 103 Å². The van der Waals surface area contributed by atoms with Crippen LogP contribution in [0.5, 0.6) is 0 Å². The molecule has 0 radical (unpaired) electrons. The highest BCUT2D eigenvalue weighted by atomic mass is 79.9. The van der Waals surface area contributed by atoms with E-state index in [2.05, 4.69) is 22.9 Å². The van der Waals surface area contributed by atoms with Gasteiger partial charge in [0.1, 0.15) is 5.76 Å². The minimum Gasteiger partial charge on any atom is -0.507 e. The number of hydrogen-bond donors (Lipinski definition) is 1. The minimum absolute atomic E-state index is 0.0387. The lowest BCUT2D eigenvalue weighted by Crippen LogP contribution is -2.30. The molecular weight excluding hydrogens is 584 g/mol. The lowest BCUT2D eigenvalue weighted by Gasteiger charge is -2.25. The molecule has 222 valence electrons. The second-order valence-corrected chi connectivity index (χ2v) is 11.9. The molecular formula is C33H43BrN2O5. The Bertz CT molecular complexity index is 1190. The van der Waals surface area contributed by atoms with Crippen LogP contribution < -0.4 is 0 Å². The van der Waals surface area contributed by atoms with E-state index in [1.807, 2.05) is 0 Å². The molecule has 0 saturated carbocycles. The third-order valence-corrected chi connectivity index (χ3v) is 8.34. The first-order chi connectivity index (χ1) is 19.8. The Balaban J connectivity index is 1.59. The molecule has 1 atom stereocenters. The zero-order valence-electron chi connectivity index (χ0n) is 24.2. The summed E-state index contributed by atoms with van der Waals surface area (Å²) in [5.74, 6) is -1.74. The first kappa shape index (κ1) is 32.5. The summed E-state index contributed by atoms with van der Waals surface area (Å²) in [5, 5.41) is 22.6. The van der Waals surface area contributed by atoms with Gasteiger partial charge in [0.2, 0.25) is 0 Å². The number of Topliss-reactive ketones (excluding diaryl/α,β-unsaturated/α-hetero) is 1. The number of carbonyl (C=O) groups excluding carboxylic acids is 2. The van der Waals surface area contributed by atoms with Crippen LogP contribution >= 0.6 is 15.9 Å². The monoisotopic (exact) mass is 626 g/mol. The molecule has 41 heavy (non-hydrogen) atoms. The topological polar surface area (TPSA) is 101 Å². The van der Waals surface area contributed by atoms with Crippen molar-refractivity contribution in [3.05, 3.63) is 79.8 Å². The third-order valence-electron chi connectivity index (χ3n) is 7.81. The summed E-state index contributed by atoms with van der Waals surface area (Å²) < 4.78 is 0.808. The van der Waals surface area contributed by atoms with Crippen molar-refractivity contribution in [3.63, 3.8) is 0 Å². The van der Waals surface area contributed by atoms with E-state index in [9.17, 15) is 24.8 Å². The Morgan fingerprint density at radius 3 is 1.93 bits per heavy atom. The number of carbonyl (C=O) groups is 2. The second kappa shape index (κ2) is 17.1. The van der Waals surface area contributed by atoms with E-state index in [0.717, 1.165) is 23.7 Å². The first-order valence-electron chi connectivity index (χ1n) is 15.1. The standard InChI is InChI=1S/C33H43BrN2O5/c1-2-3-4-5-6-7-8-9-10-11-12-13-14-15-23-35-30(26-17-16-18-28(24-26)36(40)41)29(32(38)33(35)39)31(37)25-19-21-27(34)22-20-25/h16-22,24,30,37H,2-15,23H2,1H3/b31-29+. The van der Waals surface area contributed by atoms with E-state index in [1.165, 1.54) is 81.2 Å². The molecule has 1 fully saturated rings. The van der Waals surface area contributed by atoms with Gasteiger partial charge in [0.25, 0.3) is 17.4 Å². The molecule has 0 bridgehead atoms. The lowest BCUT2D eigenvalue weighted by atomic mass is 9.95. The number of amides is 1. The summed E-state index contributed by atoms with van der Waals surface area (Å²) in [6, 6.07) is 11.9. The fraction of sp³-hybridized carbons (Fsp3) is 0.515. The Labute approximate surface area is 252 Å². The van der Waals surface area contributed by atoms with Gasteiger partial charge in [-0.1, -0.05) is 131 Å². The number of non-ortho nitro benzene ring substituents is 1. The normalized spacial score (nSPS) is 16.4. The van der Waals surface area contributed by atoms with Crippen molar-refractivity contribution in [2.24, 2.45) is 0 Å². The van der Waals surface area contributed by atoms with Crippen LogP contribution in [-0.2, 0) is 9.59 Å². The van der Waals surface area contributed by atoms with Crippen LogP contribution in [0.1, 0.15) is 114 Å². The van der Waals surface area contributed by atoms with Gasteiger partial charge < -0.3 is 10.0 Å². The van der Waals surface area contributed by atoms with Crippen molar-refractivity contribution >= 4 is 39.1 Å². The number of nitro groups is 1. The first-order valence-corrected chi connectivity index (χ1v) is 15.9. The Morgan fingerprint density at radius 1 is 0.854 bits per heavy atom. The van der Waals surface area contributed by atoms with Crippen LogP contribution in [0.2, 0.25) is 0 Å². The maximum absolute atomic E-state index is 13.2. The van der Waals surface area contributed by atoms with Crippen molar-refractivity contribution in [3.8, 4) is 0 Å². The smallest absolute Gasteiger partial charge is 0.295 e. The molecule has 1 N–H and O–H groups in total. The maximum Gasteiger partial charge on any atom is 0.295 e. The van der Waals surface area contributed by atoms with Gasteiger partial charge in [-0.3, -0.25) is 19.7 Å². The highest BCUT2D eigenvalue weighted by molar-refractivity contribution is 9.10. The number of nitro benzene ring substituents is 1. The molecule has 1 heterocycles. The number of halogens is 1. The van der Waals surface area contributed by atoms with E-state index in [-0.39, 0.29) is 17.0 Å². The maximum atomic E-state index is 13.2. The summed E-state index contributed by atoms with van der Waals surface area (Å²) in [6.07, 6.45) is 17.0. The SMILES string of the molecule is CCCCCCCCCCCCCCCCN1C(=O)C(=O)/C(=C(/O)c2ccc(Br)cc2)C1c1cccc([N+](=O)[O-])c1. The van der Waals surface area contributed by atoms with Crippen LogP contribution in [0, 0.1) is 10.1 Å². The molecule has 1 amide bonds. The largest absolute Gasteiger partial charge is 0.507 e. The highest BCUT2D eigenvalue weighted by Gasteiger charge is 2.46. The van der Waals surface area contributed by atoms with Gasteiger partial charge in [-0.2, -0.15) is 0 Å². The average molecular weight is 628 g/mol. The fourth-order valence-corrected chi connectivity index (χ4v) is 5.77. The van der Waals surface area contributed by atoms with Gasteiger partial charge in [0.15, 0.2) is 0 Å². The molecule has 1 saturated heterocycles. The Kier molecular flexibility index (Phi) is 13.5. The molecule has 7 nitrogen and oxygen atoms in total. The van der Waals surface area contributed by atoms with Crippen LogP contribution in [0.3, 0.4) is 0 Å². The number of aliphatic hydroxyl groups excluding tert-OH is 1. The number of likely N-dealkylation sites (tertiary alicyclic amines) is 1. The molecule has 1 aliphatic heterocycles. The fourth-order valence-electron chi connectivity index (χ4n) is 5.51. The van der Waals surface area contributed by atoms with Gasteiger partial charge in [-0.05, 0) is 24.1 Å². The number of ketones is 1. The summed E-state index contributed by atoms with van der Waals surface area (Å²) >= 11 is 3.36. The van der Waals surface area contributed by atoms with Gasteiger partial charge in [0.05, 0.1) is 16.5 Å². The number of hydrogen-bond acceptors (Lipinski definition) is 5. The quantitative estimate of drug-likeness (QED) is 0.0443. The molecule has 8 heteroatoms. The van der Waals surface area contributed by atoms with E-state index < -0.39 is 22.7 Å². The van der Waals surface area contributed by atoms with Gasteiger partial charge in [-0.25, -0.2) is 0 Å². The minimum atomic E-state index is -0.888. The number of nitrogens with zero attached hydrogens (tertiary/aromatic N) is 2. The summed E-state index contributed by atoms with van der Waals surface area (Å²) in [4.78, 5) is 38.8. The molecule has 1 aliphatic rings. The molecule has 3 rings (SSSR count).